The lowest BCUT2D eigenvalue weighted by Gasteiger charge is -2.23. The minimum absolute atomic E-state index is 0.0276. The van der Waals surface area contributed by atoms with Crippen LogP contribution in [-0.4, -0.2) is 20.7 Å². The van der Waals surface area contributed by atoms with Crippen molar-refractivity contribution in [1.29, 1.82) is 0 Å². The number of benzene rings is 3. The van der Waals surface area contributed by atoms with Gasteiger partial charge in [0.15, 0.2) is 0 Å². The highest BCUT2D eigenvalue weighted by atomic mass is 32.1. The Hall–Kier alpha value is -3.97. The molecular weight excluding hydrogens is 444 g/mol. The molecule has 0 saturated heterocycles. The summed E-state index contributed by atoms with van der Waals surface area (Å²) in [6.07, 6.45) is 2.22. The Kier molecular flexibility index (Phi) is 5.11. The van der Waals surface area contributed by atoms with Gasteiger partial charge in [0.2, 0.25) is 11.0 Å². The third-order valence-electron chi connectivity index (χ3n) is 6.22. The average molecular weight is 467 g/mol. The van der Waals surface area contributed by atoms with Crippen LogP contribution in [0.2, 0.25) is 0 Å². The highest BCUT2D eigenvalue weighted by Crippen LogP contribution is 2.39. The Balaban J connectivity index is 1.27. The number of hydrogen-bond donors (Lipinski definition) is 1. The Bertz CT molecular complexity index is 1470. The summed E-state index contributed by atoms with van der Waals surface area (Å²) < 4.78 is 8.82. The zero-order chi connectivity index (χ0) is 23.1. The number of rotatable bonds is 5. The molecule has 1 amide bonds. The summed E-state index contributed by atoms with van der Waals surface area (Å²) in [6, 6.07) is 24.2. The van der Waals surface area contributed by atoms with Crippen LogP contribution >= 0.6 is 11.3 Å². The fraction of sp³-hybridized carbons (Fsp3) is 0.148. The predicted molar refractivity (Wildman–Crippen MR) is 134 cm³/mol. The van der Waals surface area contributed by atoms with Crippen LogP contribution in [0.3, 0.4) is 0 Å². The molecule has 0 spiro atoms. The van der Waals surface area contributed by atoms with Crippen LogP contribution in [0.15, 0.2) is 79.0 Å². The minimum Gasteiger partial charge on any atom is -0.489 e. The molecule has 0 radical (unpaired) electrons. The fourth-order valence-corrected chi connectivity index (χ4v) is 5.27. The third kappa shape index (κ3) is 3.74. The number of nitrogens with one attached hydrogen (secondary N) is 1. The Labute approximate surface area is 200 Å². The molecule has 0 saturated carbocycles. The first kappa shape index (κ1) is 20.6. The lowest BCUT2D eigenvalue weighted by atomic mass is 9.87. The smallest absolute Gasteiger partial charge is 0.226 e. The zero-order valence-electron chi connectivity index (χ0n) is 18.6. The SMILES string of the molecule is Cc1ccccc1COc1ccc(C2CC(=O)Nc3c2cnn3-c2nc3ccccc3s2)cc1. The van der Waals surface area contributed by atoms with Crippen molar-refractivity contribution < 1.29 is 9.53 Å². The maximum atomic E-state index is 12.6. The molecular formula is C27H22N4O2S. The van der Waals surface area contributed by atoms with Crippen molar-refractivity contribution in [2.24, 2.45) is 0 Å². The van der Waals surface area contributed by atoms with Crippen LogP contribution < -0.4 is 10.1 Å². The van der Waals surface area contributed by atoms with E-state index < -0.39 is 0 Å². The molecule has 1 aliphatic rings. The van der Waals surface area contributed by atoms with Crippen molar-refractivity contribution >= 4 is 33.3 Å². The topological polar surface area (TPSA) is 69.0 Å². The molecule has 168 valence electrons. The fourth-order valence-electron chi connectivity index (χ4n) is 4.34. The largest absolute Gasteiger partial charge is 0.489 e. The molecule has 1 N–H and O–H groups in total. The van der Waals surface area contributed by atoms with Gasteiger partial charge in [-0.2, -0.15) is 9.78 Å². The lowest BCUT2D eigenvalue weighted by molar-refractivity contribution is -0.116. The van der Waals surface area contributed by atoms with Gasteiger partial charge in [-0.1, -0.05) is 59.9 Å². The van der Waals surface area contributed by atoms with Crippen LogP contribution in [0, 0.1) is 6.92 Å². The number of hydrogen-bond acceptors (Lipinski definition) is 5. The standard InChI is InChI=1S/C27H22N4O2S/c1-17-6-2-3-7-19(17)16-33-20-12-10-18(11-13-20)21-14-25(32)30-26-22(21)15-28-31(26)27-29-23-8-4-5-9-24(23)34-27/h2-13,15,21H,14,16H2,1H3,(H,30,32). The molecule has 1 aliphatic heterocycles. The van der Waals surface area contributed by atoms with Crippen molar-refractivity contribution in [3.63, 3.8) is 0 Å². The molecule has 1 atom stereocenters. The maximum absolute atomic E-state index is 12.6. The van der Waals surface area contributed by atoms with Crippen LogP contribution in [0.4, 0.5) is 5.82 Å². The van der Waals surface area contributed by atoms with Gasteiger partial charge in [0.25, 0.3) is 0 Å². The van der Waals surface area contributed by atoms with Gasteiger partial charge in [-0.25, -0.2) is 4.98 Å². The number of anilines is 1. The second kappa shape index (κ2) is 8.43. The maximum Gasteiger partial charge on any atom is 0.226 e. The summed E-state index contributed by atoms with van der Waals surface area (Å²) in [7, 11) is 0. The van der Waals surface area contributed by atoms with Gasteiger partial charge < -0.3 is 10.1 Å². The quantitative estimate of drug-likeness (QED) is 0.353. The summed E-state index contributed by atoms with van der Waals surface area (Å²) in [5, 5.41) is 8.34. The first-order valence-electron chi connectivity index (χ1n) is 11.2. The number of carbonyl (C=O) groups excluding carboxylic acids is 1. The number of carbonyl (C=O) groups is 1. The van der Waals surface area contributed by atoms with Crippen molar-refractivity contribution in [2.75, 3.05) is 5.32 Å². The van der Waals surface area contributed by atoms with E-state index in [0.29, 0.717) is 18.8 Å². The number of nitrogens with zero attached hydrogens (tertiary/aromatic N) is 3. The Morgan fingerprint density at radius 3 is 2.68 bits per heavy atom. The molecule has 0 bridgehead atoms. The normalized spacial score (nSPS) is 15.2. The van der Waals surface area contributed by atoms with E-state index in [-0.39, 0.29) is 11.8 Å². The molecule has 3 aromatic carbocycles. The second-order valence-electron chi connectivity index (χ2n) is 8.41. The molecule has 3 heterocycles. The van der Waals surface area contributed by atoms with Gasteiger partial charge in [-0.15, -0.1) is 0 Å². The number of fused-ring (bicyclic) bond motifs is 2. The second-order valence-corrected chi connectivity index (χ2v) is 9.42. The van der Waals surface area contributed by atoms with Gasteiger partial charge in [0, 0.05) is 17.9 Å². The van der Waals surface area contributed by atoms with Gasteiger partial charge in [-0.05, 0) is 47.9 Å². The molecule has 0 aliphatic carbocycles. The van der Waals surface area contributed by atoms with Gasteiger partial charge >= 0.3 is 0 Å². The molecule has 0 fully saturated rings. The number of aryl methyl sites for hydroxylation is 1. The van der Waals surface area contributed by atoms with E-state index in [4.69, 9.17) is 9.72 Å². The van der Waals surface area contributed by atoms with Crippen molar-refractivity contribution in [2.45, 2.75) is 25.9 Å². The summed E-state index contributed by atoms with van der Waals surface area (Å²) in [5.74, 6) is 1.40. The van der Waals surface area contributed by atoms with Crippen molar-refractivity contribution in [1.82, 2.24) is 14.8 Å². The highest BCUT2D eigenvalue weighted by Gasteiger charge is 2.31. The monoisotopic (exact) mass is 466 g/mol. The molecule has 6 nitrogen and oxygen atoms in total. The summed E-state index contributed by atoms with van der Waals surface area (Å²) in [6.45, 7) is 2.61. The number of ether oxygens (including phenoxy) is 1. The van der Waals surface area contributed by atoms with E-state index in [9.17, 15) is 4.79 Å². The Morgan fingerprint density at radius 2 is 1.85 bits per heavy atom. The zero-order valence-corrected chi connectivity index (χ0v) is 19.4. The molecule has 2 aromatic heterocycles. The molecule has 6 rings (SSSR count). The molecule has 7 heteroatoms. The van der Waals surface area contributed by atoms with Crippen LogP contribution in [-0.2, 0) is 11.4 Å². The first-order chi connectivity index (χ1) is 16.7. The number of thiazole rings is 1. The predicted octanol–water partition coefficient (Wildman–Crippen LogP) is 5.84. The van der Waals surface area contributed by atoms with E-state index >= 15 is 0 Å². The van der Waals surface area contributed by atoms with Crippen molar-refractivity contribution in [3.05, 3.63) is 101 Å². The summed E-state index contributed by atoms with van der Waals surface area (Å²) >= 11 is 1.55. The summed E-state index contributed by atoms with van der Waals surface area (Å²) in [5.41, 5.74) is 5.36. The van der Waals surface area contributed by atoms with Gasteiger partial charge in [0.1, 0.15) is 18.2 Å². The van der Waals surface area contributed by atoms with Gasteiger partial charge in [0.05, 0.1) is 16.4 Å². The van der Waals surface area contributed by atoms with Gasteiger partial charge in [-0.3, -0.25) is 4.79 Å². The van der Waals surface area contributed by atoms with Crippen LogP contribution in [0.25, 0.3) is 15.3 Å². The van der Waals surface area contributed by atoms with E-state index in [2.05, 4.69) is 29.5 Å². The van der Waals surface area contributed by atoms with Crippen LogP contribution in [0.5, 0.6) is 5.75 Å². The summed E-state index contributed by atoms with van der Waals surface area (Å²) in [4.78, 5) is 17.3. The number of aromatic nitrogens is 3. The number of para-hydroxylation sites is 1. The molecule has 1 unspecified atom stereocenters. The number of amides is 1. The first-order valence-corrected chi connectivity index (χ1v) is 12.0. The van der Waals surface area contributed by atoms with Crippen molar-refractivity contribution in [3.8, 4) is 10.9 Å². The molecule has 34 heavy (non-hydrogen) atoms. The minimum atomic E-state index is -0.0719. The van der Waals surface area contributed by atoms with E-state index in [1.165, 1.54) is 11.1 Å². The Morgan fingerprint density at radius 1 is 1.06 bits per heavy atom. The van der Waals surface area contributed by atoms with E-state index in [0.717, 1.165) is 32.2 Å². The lowest BCUT2D eigenvalue weighted by Crippen LogP contribution is -2.24. The van der Waals surface area contributed by atoms with E-state index in [1.54, 1.807) is 16.0 Å². The van der Waals surface area contributed by atoms with E-state index in [1.807, 2.05) is 66.9 Å². The highest BCUT2D eigenvalue weighted by molar-refractivity contribution is 7.20. The average Bonchev–Trinajstić information content (AvgIpc) is 3.47. The third-order valence-corrected chi connectivity index (χ3v) is 7.23. The van der Waals surface area contributed by atoms with Crippen LogP contribution in [0.1, 0.15) is 34.6 Å². The molecule has 5 aromatic rings.